The van der Waals surface area contributed by atoms with E-state index in [9.17, 15) is 13.2 Å². The van der Waals surface area contributed by atoms with Gasteiger partial charge in [-0.25, -0.2) is 4.72 Å². The van der Waals surface area contributed by atoms with Gasteiger partial charge in [0.2, 0.25) is 5.91 Å². The van der Waals surface area contributed by atoms with Crippen molar-refractivity contribution in [2.75, 3.05) is 47.4 Å². The van der Waals surface area contributed by atoms with Crippen LogP contribution in [0.25, 0.3) is 22.2 Å². The zero-order valence-electron chi connectivity index (χ0n) is 30.0. The molecule has 10 rings (SSSR count). The molecule has 2 unspecified atom stereocenters. The van der Waals surface area contributed by atoms with Crippen LogP contribution in [0.4, 0.5) is 0 Å². The van der Waals surface area contributed by atoms with Crippen molar-refractivity contribution in [3.63, 3.8) is 0 Å². The quantitative estimate of drug-likeness (QED) is 0.349. The smallest absolute Gasteiger partial charge is 0.303 e. The minimum atomic E-state index is -3.97. The first-order chi connectivity index (χ1) is 24.5. The van der Waals surface area contributed by atoms with Crippen molar-refractivity contribution in [2.24, 2.45) is 16.2 Å². The van der Waals surface area contributed by atoms with E-state index in [-0.39, 0.29) is 28.2 Å². The van der Waals surface area contributed by atoms with Crippen LogP contribution in [0.15, 0.2) is 36.4 Å². The van der Waals surface area contributed by atoms with Gasteiger partial charge in [-0.15, -0.1) is 0 Å². The zero-order chi connectivity index (χ0) is 35.1. The van der Waals surface area contributed by atoms with Crippen molar-refractivity contribution in [1.29, 1.82) is 0 Å². The molecule has 51 heavy (non-hydrogen) atoms. The second-order valence-corrected chi connectivity index (χ2v) is 19.2. The van der Waals surface area contributed by atoms with Crippen LogP contribution in [0.3, 0.4) is 0 Å². The lowest BCUT2D eigenvalue weighted by Gasteiger charge is -2.48. The summed E-state index contributed by atoms with van der Waals surface area (Å²) in [4.78, 5) is 33.7. The minimum Gasteiger partial charge on any atom is -0.497 e. The molecule has 4 aliphatic carbocycles. The number of nitrogens with zero attached hydrogens (tertiary/aromatic N) is 4. The highest BCUT2D eigenvalue weighted by Gasteiger charge is 2.72. The fraction of sp³-hybridized carbons (Fsp3) is 0.600. The second kappa shape index (κ2) is 10.8. The molecule has 3 aromatic rings. The summed E-state index contributed by atoms with van der Waals surface area (Å²) < 4.78 is 36.7. The first kappa shape index (κ1) is 32.3. The maximum Gasteiger partial charge on any atom is 0.303 e. The van der Waals surface area contributed by atoms with Gasteiger partial charge in [0.05, 0.1) is 18.2 Å². The predicted octanol–water partition coefficient (Wildman–Crippen LogP) is 5.47. The third kappa shape index (κ3) is 4.56. The number of fused-ring (bicyclic) bond motifs is 7. The van der Waals surface area contributed by atoms with E-state index >= 15 is 4.79 Å². The molecule has 270 valence electrons. The molecular formula is C40H49N5O5S. The number of likely N-dealkylation sites (tertiary alicyclic amines) is 2. The summed E-state index contributed by atoms with van der Waals surface area (Å²) in [5, 5.41) is 1.10. The van der Waals surface area contributed by atoms with Crippen molar-refractivity contribution in [1.82, 2.24) is 23.4 Å². The molecule has 3 aliphatic heterocycles. The Morgan fingerprint density at radius 3 is 2.27 bits per heavy atom. The molecule has 10 nitrogen and oxygen atoms in total. The minimum absolute atomic E-state index is 0.0806. The highest BCUT2D eigenvalue weighted by Crippen LogP contribution is 2.70. The van der Waals surface area contributed by atoms with Crippen molar-refractivity contribution < 1.29 is 22.7 Å². The van der Waals surface area contributed by atoms with Crippen LogP contribution in [0, 0.1) is 16.2 Å². The van der Waals surface area contributed by atoms with E-state index in [1.165, 1.54) is 70.2 Å². The third-order valence-electron chi connectivity index (χ3n) is 14.5. The summed E-state index contributed by atoms with van der Waals surface area (Å²) in [6.07, 6.45) is 11.7. The van der Waals surface area contributed by atoms with Gasteiger partial charge in [-0.05, 0) is 92.3 Å². The molecule has 6 fully saturated rings. The standard InChI is InChI=1S/C40H49N5O5S/c1-42(2)51(48,49)41-36(46)26-9-13-30-33(17-26)45-24-40(37(47)44-22-38-15-16-39(38,23-44)21-43(20-38)27-10-11-27)19-32(40)31-18-28(50-3)12-14-29(31)35(45)34(30)25-7-5-4-6-8-25/h9,12-14,17-18,25,27,32H,4-8,10-11,15-16,19-24H2,1-3H3,(H,41,46)/t32-,38?,39?,40-/m0/s1. The van der Waals surface area contributed by atoms with E-state index in [1.807, 2.05) is 18.2 Å². The van der Waals surface area contributed by atoms with Crippen molar-refractivity contribution in [3.05, 3.63) is 53.1 Å². The summed E-state index contributed by atoms with van der Waals surface area (Å²) in [5.74, 6) is 0.875. The lowest BCUT2D eigenvalue weighted by Crippen LogP contribution is -2.49. The number of aromatic nitrogens is 1. The summed E-state index contributed by atoms with van der Waals surface area (Å²) >= 11 is 0. The van der Waals surface area contributed by atoms with Gasteiger partial charge < -0.3 is 14.2 Å². The van der Waals surface area contributed by atoms with Gasteiger partial charge in [0.25, 0.3) is 5.91 Å². The Hall–Kier alpha value is -3.41. The molecule has 2 aromatic carbocycles. The molecule has 0 radical (unpaired) electrons. The number of benzene rings is 2. The number of hydrogen-bond acceptors (Lipinski definition) is 6. The average Bonchev–Trinajstić information content (AvgIpc) is 4.02. The molecule has 4 saturated carbocycles. The molecule has 2 saturated heterocycles. The Bertz CT molecular complexity index is 2100. The van der Waals surface area contributed by atoms with E-state index in [1.54, 1.807) is 13.2 Å². The largest absolute Gasteiger partial charge is 0.497 e. The maximum absolute atomic E-state index is 15.2. The molecular weight excluding hydrogens is 663 g/mol. The molecule has 4 heterocycles. The summed E-state index contributed by atoms with van der Waals surface area (Å²) in [7, 11) is 0.543. The van der Waals surface area contributed by atoms with Crippen LogP contribution in [0.5, 0.6) is 5.75 Å². The zero-order valence-corrected chi connectivity index (χ0v) is 30.9. The molecule has 7 aliphatic rings. The summed E-state index contributed by atoms with van der Waals surface area (Å²) in [5.41, 5.74) is 5.89. The van der Waals surface area contributed by atoms with Crippen LogP contribution < -0.4 is 9.46 Å². The Labute approximate surface area is 300 Å². The van der Waals surface area contributed by atoms with Gasteiger partial charge >= 0.3 is 10.2 Å². The normalized spacial score (nSPS) is 31.3. The molecule has 11 heteroatoms. The topological polar surface area (TPSA) is 104 Å². The van der Waals surface area contributed by atoms with Gasteiger partial charge in [-0.1, -0.05) is 25.3 Å². The monoisotopic (exact) mass is 711 g/mol. The van der Waals surface area contributed by atoms with Crippen LogP contribution in [0.1, 0.15) is 97.5 Å². The number of ether oxygens (including phenoxy) is 1. The molecule has 0 bridgehead atoms. The Balaban J connectivity index is 1.10. The highest BCUT2D eigenvalue weighted by atomic mass is 32.2. The molecule has 2 amide bonds. The third-order valence-corrected chi connectivity index (χ3v) is 15.9. The first-order valence-corrected chi connectivity index (χ1v) is 20.5. The van der Waals surface area contributed by atoms with Gasteiger partial charge in [0.1, 0.15) is 5.75 Å². The van der Waals surface area contributed by atoms with Crippen molar-refractivity contribution in [2.45, 2.75) is 88.6 Å². The van der Waals surface area contributed by atoms with Crippen LogP contribution >= 0.6 is 0 Å². The number of hydrogen-bond donors (Lipinski definition) is 1. The van der Waals surface area contributed by atoms with Crippen LogP contribution in [-0.4, -0.2) is 92.3 Å². The molecule has 4 atom stereocenters. The van der Waals surface area contributed by atoms with Gasteiger partial charge in [-0.3, -0.25) is 14.5 Å². The van der Waals surface area contributed by atoms with E-state index in [0.29, 0.717) is 12.5 Å². The molecule has 1 N–H and O–H groups in total. The lowest BCUT2D eigenvalue weighted by molar-refractivity contribution is -0.137. The molecule has 1 aromatic heterocycles. The van der Waals surface area contributed by atoms with Gasteiger partial charge in [-0.2, -0.15) is 12.7 Å². The fourth-order valence-corrected chi connectivity index (χ4v) is 11.9. The number of carbonyl (C=O) groups is 2. The van der Waals surface area contributed by atoms with Crippen LogP contribution in [-0.2, 0) is 21.5 Å². The van der Waals surface area contributed by atoms with E-state index in [0.717, 1.165) is 83.7 Å². The number of nitrogens with one attached hydrogen (secondary N) is 1. The fourth-order valence-electron chi connectivity index (χ4n) is 11.4. The molecule has 0 spiro atoms. The summed E-state index contributed by atoms with van der Waals surface area (Å²) in [6.45, 7) is 4.56. The number of methoxy groups -OCH3 is 1. The van der Waals surface area contributed by atoms with E-state index < -0.39 is 21.5 Å². The van der Waals surface area contributed by atoms with Crippen LogP contribution in [0.2, 0.25) is 0 Å². The van der Waals surface area contributed by atoms with E-state index in [4.69, 9.17) is 4.74 Å². The number of amides is 2. The first-order valence-electron chi connectivity index (χ1n) is 19.1. The highest BCUT2D eigenvalue weighted by molar-refractivity contribution is 7.87. The van der Waals surface area contributed by atoms with Gasteiger partial charge in [0.15, 0.2) is 0 Å². The van der Waals surface area contributed by atoms with E-state index in [2.05, 4.69) is 31.2 Å². The predicted molar refractivity (Wildman–Crippen MR) is 195 cm³/mol. The lowest BCUT2D eigenvalue weighted by atomic mass is 9.53. The Kier molecular flexibility index (Phi) is 6.85. The Morgan fingerprint density at radius 1 is 0.902 bits per heavy atom. The average molecular weight is 712 g/mol. The second-order valence-electron chi connectivity index (χ2n) is 17.4. The number of carbonyl (C=O) groups excluding carboxylic acids is 2. The maximum atomic E-state index is 15.2. The van der Waals surface area contributed by atoms with Crippen molar-refractivity contribution >= 4 is 32.9 Å². The number of rotatable bonds is 7. The Morgan fingerprint density at radius 2 is 1.63 bits per heavy atom. The summed E-state index contributed by atoms with van der Waals surface area (Å²) in [6, 6.07) is 12.8. The van der Waals surface area contributed by atoms with Crippen molar-refractivity contribution in [3.8, 4) is 17.0 Å². The SMILES string of the molecule is COc1ccc2c(c1)[C@@H]1C[C@]1(C(=O)N1CC34CCC3(C1)CN(C1CC1)C4)Cn1c-2c(C2CCCCC2)c2ccc(C(=O)NS(=O)(=O)N(C)C)cc21. The van der Waals surface area contributed by atoms with Gasteiger partial charge in [0, 0.05) is 91.6 Å².